The van der Waals surface area contributed by atoms with Crippen molar-refractivity contribution in [3.8, 4) is 11.5 Å². The maximum Gasteiger partial charge on any atom is 0.132 e. The SMILES string of the molecule is Cc1cc(C)c(C)c(Oc2cc(Cl)ccc2CCN)c1. The van der Waals surface area contributed by atoms with Gasteiger partial charge in [-0.1, -0.05) is 23.7 Å². The molecule has 0 aromatic heterocycles. The van der Waals surface area contributed by atoms with Gasteiger partial charge < -0.3 is 10.5 Å². The van der Waals surface area contributed by atoms with Crippen molar-refractivity contribution in [2.45, 2.75) is 27.2 Å². The average Bonchev–Trinajstić information content (AvgIpc) is 2.38. The highest BCUT2D eigenvalue weighted by atomic mass is 35.5. The van der Waals surface area contributed by atoms with Crippen LogP contribution in [-0.2, 0) is 6.42 Å². The lowest BCUT2D eigenvalue weighted by Crippen LogP contribution is -2.04. The number of benzene rings is 2. The van der Waals surface area contributed by atoms with E-state index >= 15 is 0 Å². The first kappa shape index (κ1) is 14.9. The number of aryl methyl sites for hydroxylation is 2. The van der Waals surface area contributed by atoms with E-state index in [4.69, 9.17) is 22.1 Å². The topological polar surface area (TPSA) is 35.2 Å². The molecule has 0 spiro atoms. The van der Waals surface area contributed by atoms with E-state index in [1.807, 2.05) is 18.2 Å². The second kappa shape index (κ2) is 6.29. The fraction of sp³-hybridized carbons (Fsp3) is 0.294. The highest BCUT2D eigenvalue weighted by Gasteiger charge is 2.09. The summed E-state index contributed by atoms with van der Waals surface area (Å²) in [4.78, 5) is 0. The lowest BCUT2D eigenvalue weighted by molar-refractivity contribution is 0.471. The van der Waals surface area contributed by atoms with Crippen molar-refractivity contribution >= 4 is 11.6 Å². The number of rotatable bonds is 4. The van der Waals surface area contributed by atoms with Crippen LogP contribution in [0.25, 0.3) is 0 Å². The molecule has 0 heterocycles. The Labute approximate surface area is 125 Å². The standard InChI is InChI=1S/C17H20ClNO/c1-11-8-12(2)13(3)16(9-11)20-17-10-15(18)5-4-14(17)6-7-19/h4-5,8-10H,6-7,19H2,1-3H3. The van der Waals surface area contributed by atoms with Gasteiger partial charge in [-0.2, -0.15) is 0 Å². The van der Waals surface area contributed by atoms with Crippen LogP contribution in [0.5, 0.6) is 11.5 Å². The molecule has 106 valence electrons. The van der Waals surface area contributed by atoms with Gasteiger partial charge in [-0.05, 0) is 74.2 Å². The van der Waals surface area contributed by atoms with Crippen LogP contribution in [0.4, 0.5) is 0 Å². The fourth-order valence-corrected chi connectivity index (χ4v) is 2.37. The lowest BCUT2D eigenvalue weighted by atomic mass is 10.1. The third kappa shape index (κ3) is 3.33. The van der Waals surface area contributed by atoms with Crippen LogP contribution >= 0.6 is 11.6 Å². The molecule has 0 bridgehead atoms. The zero-order chi connectivity index (χ0) is 14.7. The van der Waals surface area contributed by atoms with Crippen LogP contribution in [0, 0.1) is 20.8 Å². The van der Waals surface area contributed by atoms with Gasteiger partial charge in [0.1, 0.15) is 11.5 Å². The Bertz CT molecular complexity index is 623. The molecule has 0 fully saturated rings. The Kier molecular flexibility index (Phi) is 4.69. The van der Waals surface area contributed by atoms with Gasteiger partial charge in [-0.3, -0.25) is 0 Å². The van der Waals surface area contributed by atoms with Gasteiger partial charge in [0.2, 0.25) is 0 Å². The molecular formula is C17H20ClNO. The number of nitrogens with two attached hydrogens (primary N) is 1. The summed E-state index contributed by atoms with van der Waals surface area (Å²) in [7, 11) is 0. The Balaban J connectivity index is 2.41. The van der Waals surface area contributed by atoms with Crippen LogP contribution in [0.3, 0.4) is 0 Å². The van der Waals surface area contributed by atoms with Crippen molar-refractivity contribution in [3.05, 3.63) is 57.6 Å². The molecule has 0 aliphatic heterocycles. The van der Waals surface area contributed by atoms with Crippen molar-refractivity contribution in [2.24, 2.45) is 5.73 Å². The molecule has 0 atom stereocenters. The highest BCUT2D eigenvalue weighted by molar-refractivity contribution is 6.30. The molecule has 2 nitrogen and oxygen atoms in total. The minimum Gasteiger partial charge on any atom is -0.457 e. The van der Waals surface area contributed by atoms with E-state index in [-0.39, 0.29) is 0 Å². The second-order valence-electron chi connectivity index (χ2n) is 5.10. The molecule has 0 aliphatic carbocycles. The summed E-state index contributed by atoms with van der Waals surface area (Å²) in [5, 5.41) is 0.669. The molecule has 0 saturated heterocycles. The van der Waals surface area contributed by atoms with Crippen molar-refractivity contribution in [1.29, 1.82) is 0 Å². The van der Waals surface area contributed by atoms with E-state index in [9.17, 15) is 0 Å². The van der Waals surface area contributed by atoms with Crippen LogP contribution in [0.1, 0.15) is 22.3 Å². The number of halogens is 1. The zero-order valence-electron chi connectivity index (χ0n) is 12.2. The average molecular weight is 290 g/mol. The molecule has 2 rings (SSSR count). The molecular weight excluding hydrogens is 270 g/mol. The van der Waals surface area contributed by atoms with E-state index < -0.39 is 0 Å². The predicted molar refractivity (Wildman–Crippen MR) is 84.9 cm³/mol. The molecule has 2 aromatic rings. The first-order valence-corrected chi connectivity index (χ1v) is 7.13. The van der Waals surface area contributed by atoms with Gasteiger partial charge in [-0.15, -0.1) is 0 Å². The Morgan fingerprint density at radius 2 is 1.80 bits per heavy atom. The van der Waals surface area contributed by atoms with E-state index in [1.54, 1.807) is 0 Å². The fourth-order valence-electron chi connectivity index (χ4n) is 2.21. The maximum absolute atomic E-state index is 6.10. The van der Waals surface area contributed by atoms with Gasteiger partial charge >= 0.3 is 0 Å². The Hall–Kier alpha value is -1.51. The van der Waals surface area contributed by atoms with E-state index in [2.05, 4.69) is 32.9 Å². The molecule has 20 heavy (non-hydrogen) atoms. The minimum absolute atomic E-state index is 0.587. The van der Waals surface area contributed by atoms with Gasteiger partial charge in [0.25, 0.3) is 0 Å². The monoisotopic (exact) mass is 289 g/mol. The summed E-state index contributed by atoms with van der Waals surface area (Å²) in [5.74, 6) is 1.67. The Morgan fingerprint density at radius 3 is 2.50 bits per heavy atom. The molecule has 0 aliphatic rings. The van der Waals surface area contributed by atoms with Crippen LogP contribution in [-0.4, -0.2) is 6.54 Å². The Morgan fingerprint density at radius 1 is 1.05 bits per heavy atom. The highest BCUT2D eigenvalue weighted by Crippen LogP contribution is 2.32. The zero-order valence-corrected chi connectivity index (χ0v) is 12.9. The van der Waals surface area contributed by atoms with Crippen molar-refractivity contribution < 1.29 is 4.74 Å². The van der Waals surface area contributed by atoms with Crippen molar-refractivity contribution in [2.75, 3.05) is 6.54 Å². The second-order valence-corrected chi connectivity index (χ2v) is 5.53. The van der Waals surface area contributed by atoms with Gasteiger partial charge in [0.15, 0.2) is 0 Å². The molecule has 0 amide bonds. The summed E-state index contributed by atoms with van der Waals surface area (Å²) in [6.07, 6.45) is 0.774. The first-order valence-electron chi connectivity index (χ1n) is 6.75. The number of hydrogen-bond acceptors (Lipinski definition) is 2. The summed E-state index contributed by atoms with van der Waals surface area (Å²) in [6.45, 7) is 6.81. The van der Waals surface area contributed by atoms with E-state index in [0.717, 1.165) is 29.0 Å². The summed E-state index contributed by atoms with van der Waals surface area (Å²) >= 11 is 6.07. The van der Waals surface area contributed by atoms with Crippen molar-refractivity contribution in [3.63, 3.8) is 0 Å². The van der Waals surface area contributed by atoms with Gasteiger partial charge in [0, 0.05) is 5.02 Å². The molecule has 0 radical (unpaired) electrons. The first-order chi connectivity index (χ1) is 9.51. The molecule has 2 N–H and O–H groups in total. The van der Waals surface area contributed by atoms with Gasteiger partial charge in [-0.25, -0.2) is 0 Å². The van der Waals surface area contributed by atoms with E-state index in [0.29, 0.717) is 11.6 Å². The normalized spacial score (nSPS) is 10.7. The quantitative estimate of drug-likeness (QED) is 0.895. The summed E-state index contributed by atoms with van der Waals surface area (Å²) in [6, 6.07) is 9.90. The van der Waals surface area contributed by atoms with Crippen LogP contribution in [0.15, 0.2) is 30.3 Å². The van der Waals surface area contributed by atoms with E-state index in [1.165, 1.54) is 11.1 Å². The smallest absolute Gasteiger partial charge is 0.132 e. The molecule has 0 saturated carbocycles. The van der Waals surface area contributed by atoms with Gasteiger partial charge in [0.05, 0.1) is 0 Å². The molecule has 0 unspecified atom stereocenters. The molecule has 2 aromatic carbocycles. The predicted octanol–water partition coefficient (Wildman–Crippen LogP) is 4.56. The maximum atomic E-state index is 6.10. The summed E-state index contributed by atoms with van der Waals surface area (Å²) in [5.41, 5.74) is 10.3. The third-order valence-electron chi connectivity index (χ3n) is 3.43. The largest absolute Gasteiger partial charge is 0.457 e. The number of ether oxygens (including phenoxy) is 1. The summed E-state index contributed by atoms with van der Waals surface area (Å²) < 4.78 is 6.10. The lowest BCUT2D eigenvalue weighted by Gasteiger charge is -2.15. The number of hydrogen-bond donors (Lipinski definition) is 1. The van der Waals surface area contributed by atoms with Crippen LogP contribution < -0.4 is 10.5 Å². The van der Waals surface area contributed by atoms with Crippen molar-refractivity contribution in [1.82, 2.24) is 0 Å². The minimum atomic E-state index is 0.587. The third-order valence-corrected chi connectivity index (χ3v) is 3.66. The molecule has 3 heteroatoms. The van der Waals surface area contributed by atoms with Crippen LogP contribution in [0.2, 0.25) is 5.02 Å².